The van der Waals surface area contributed by atoms with Gasteiger partial charge in [0, 0.05) is 10.2 Å². The van der Waals surface area contributed by atoms with Gasteiger partial charge in [-0.1, -0.05) is 41.4 Å². The van der Waals surface area contributed by atoms with Crippen LogP contribution in [0.25, 0.3) is 0 Å². The van der Waals surface area contributed by atoms with Gasteiger partial charge >= 0.3 is 11.9 Å². The van der Waals surface area contributed by atoms with Crippen molar-refractivity contribution in [3.8, 4) is 0 Å². The zero-order valence-electron chi connectivity index (χ0n) is 13.1. The molecule has 0 aromatic heterocycles. The molecule has 5 nitrogen and oxygen atoms in total. The molecule has 0 amide bonds. The lowest BCUT2D eigenvalue weighted by Gasteiger charge is -2.16. The molecule has 0 saturated heterocycles. The summed E-state index contributed by atoms with van der Waals surface area (Å²) < 4.78 is 10.9. The number of cyclic esters (lactones) is 1. The van der Waals surface area contributed by atoms with Crippen molar-refractivity contribution in [2.45, 2.75) is 13.2 Å². The Kier molecular flexibility index (Phi) is 5.11. The van der Waals surface area contributed by atoms with E-state index in [1.165, 1.54) is 0 Å². The Balaban J connectivity index is 1.80. The van der Waals surface area contributed by atoms with E-state index >= 15 is 0 Å². The van der Waals surface area contributed by atoms with E-state index in [1.807, 2.05) is 31.2 Å². The first-order valence-electron chi connectivity index (χ1n) is 7.35. The van der Waals surface area contributed by atoms with Crippen LogP contribution in [0.5, 0.6) is 0 Å². The van der Waals surface area contributed by atoms with Gasteiger partial charge in [0.25, 0.3) is 6.29 Å². The number of nitrogens with one attached hydrogen (secondary N) is 1. The van der Waals surface area contributed by atoms with E-state index in [9.17, 15) is 9.59 Å². The molecule has 0 spiro atoms. The standard InChI is InChI=1S/C18H13BrClNO4/c1-10-6-8-11(9-7-10)21-15-14(20)17(23)25-18(15)24-16(22)12-4-2-3-5-13(12)19/h2-9,18,21H,1H3. The monoisotopic (exact) mass is 421 g/mol. The Hall–Kier alpha value is -2.31. The third kappa shape index (κ3) is 3.86. The molecule has 1 aliphatic rings. The molecule has 3 rings (SSSR count). The van der Waals surface area contributed by atoms with Crippen molar-refractivity contribution >= 4 is 45.2 Å². The number of anilines is 1. The fraction of sp³-hybridized carbons (Fsp3) is 0.111. The first-order valence-corrected chi connectivity index (χ1v) is 8.52. The maximum Gasteiger partial charge on any atom is 0.355 e. The summed E-state index contributed by atoms with van der Waals surface area (Å²) in [6.45, 7) is 1.96. The quantitative estimate of drug-likeness (QED) is 0.742. The number of rotatable bonds is 4. The molecule has 1 N–H and O–H groups in total. The van der Waals surface area contributed by atoms with Crippen molar-refractivity contribution in [2.24, 2.45) is 0 Å². The van der Waals surface area contributed by atoms with Gasteiger partial charge in [-0.3, -0.25) is 0 Å². The molecule has 25 heavy (non-hydrogen) atoms. The molecule has 0 bridgehead atoms. The van der Waals surface area contributed by atoms with Crippen LogP contribution < -0.4 is 5.32 Å². The van der Waals surface area contributed by atoms with Gasteiger partial charge in [0.05, 0.1) is 5.56 Å². The zero-order valence-corrected chi connectivity index (χ0v) is 15.4. The van der Waals surface area contributed by atoms with Crippen molar-refractivity contribution in [3.63, 3.8) is 0 Å². The average Bonchev–Trinajstić information content (AvgIpc) is 2.84. The molecule has 1 atom stereocenters. The van der Waals surface area contributed by atoms with E-state index in [2.05, 4.69) is 21.2 Å². The van der Waals surface area contributed by atoms with Gasteiger partial charge in [0.1, 0.15) is 5.70 Å². The summed E-state index contributed by atoms with van der Waals surface area (Å²) in [4.78, 5) is 24.1. The lowest BCUT2D eigenvalue weighted by molar-refractivity contribution is -0.152. The topological polar surface area (TPSA) is 64.6 Å². The summed E-state index contributed by atoms with van der Waals surface area (Å²) in [5.41, 5.74) is 2.28. The number of aryl methyl sites for hydroxylation is 1. The number of esters is 2. The minimum atomic E-state index is -1.24. The third-order valence-electron chi connectivity index (χ3n) is 3.50. The molecule has 7 heteroatoms. The van der Waals surface area contributed by atoms with Crippen LogP contribution >= 0.6 is 27.5 Å². The van der Waals surface area contributed by atoms with Crippen molar-refractivity contribution < 1.29 is 19.1 Å². The Morgan fingerprint density at radius 3 is 2.56 bits per heavy atom. The maximum absolute atomic E-state index is 12.3. The second kappa shape index (κ2) is 7.29. The average molecular weight is 423 g/mol. The summed E-state index contributed by atoms with van der Waals surface area (Å²) in [5.74, 6) is -1.39. The molecule has 128 valence electrons. The van der Waals surface area contributed by atoms with Gasteiger partial charge in [-0.25, -0.2) is 9.59 Å². The number of carbonyl (C=O) groups is 2. The van der Waals surface area contributed by atoms with Gasteiger partial charge in [-0.2, -0.15) is 0 Å². The van der Waals surface area contributed by atoms with E-state index in [-0.39, 0.29) is 10.7 Å². The lowest BCUT2D eigenvalue weighted by Crippen LogP contribution is -2.24. The highest BCUT2D eigenvalue weighted by molar-refractivity contribution is 9.10. The Labute approximate surface area is 157 Å². The SMILES string of the molecule is Cc1ccc(NC2=C(Cl)C(=O)OC2OC(=O)c2ccccc2Br)cc1. The Bertz CT molecular complexity index is 864. The number of carbonyl (C=O) groups excluding carboxylic acids is 2. The predicted molar refractivity (Wildman–Crippen MR) is 97.1 cm³/mol. The summed E-state index contributed by atoms with van der Waals surface area (Å²) in [6.07, 6.45) is -1.24. The van der Waals surface area contributed by atoms with E-state index < -0.39 is 18.2 Å². The van der Waals surface area contributed by atoms with Crippen molar-refractivity contribution in [3.05, 3.63) is 74.9 Å². The van der Waals surface area contributed by atoms with Crippen molar-refractivity contribution in [2.75, 3.05) is 5.32 Å². The van der Waals surface area contributed by atoms with Crippen LogP contribution in [0.4, 0.5) is 5.69 Å². The van der Waals surface area contributed by atoms with E-state index in [0.717, 1.165) is 5.56 Å². The van der Waals surface area contributed by atoms with E-state index in [0.29, 0.717) is 15.7 Å². The van der Waals surface area contributed by atoms with E-state index in [1.54, 1.807) is 24.3 Å². The number of benzene rings is 2. The molecule has 0 aliphatic carbocycles. The van der Waals surface area contributed by atoms with E-state index in [4.69, 9.17) is 21.1 Å². The van der Waals surface area contributed by atoms with Gasteiger partial charge in [-0.05, 0) is 47.1 Å². The smallest absolute Gasteiger partial charge is 0.355 e. The summed E-state index contributed by atoms with van der Waals surface area (Å²) >= 11 is 9.29. The number of hydrogen-bond acceptors (Lipinski definition) is 5. The van der Waals surface area contributed by atoms with Crippen LogP contribution in [0.1, 0.15) is 15.9 Å². The maximum atomic E-state index is 12.3. The third-order valence-corrected chi connectivity index (χ3v) is 4.55. The fourth-order valence-electron chi connectivity index (χ4n) is 2.20. The highest BCUT2D eigenvalue weighted by Gasteiger charge is 2.36. The molecule has 0 fully saturated rings. The Morgan fingerprint density at radius 2 is 1.88 bits per heavy atom. The molecule has 1 aliphatic heterocycles. The second-order valence-corrected chi connectivity index (χ2v) is 6.57. The highest BCUT2D eigenvalue weighted by Crippen LogP contribution is 2.29. The van der Waals surface area contributed by atoms with Crippen LogP contribution in [0.2, 0.25) is 0 Å². The Morgan fingerprint density at radius 1 is 1.20 bits per heavy atom. The second-order valence-electron chi connectivity index (χ2n) is 5.34. The van der Waals surface area contributed by atoms with Gasteiger partial charge in [0.2, 0.25) is 0 Å². The minimum Gasteiger partial charge on any atom is -0.415 e. The van der Waals surface area contributed by atoms with Crippen LogP contribution in [-0.2, 0) is 14.3 Å². The number of ether oxygens (including phenoxy) is 2. The molecule has 0 saturated carbocycles. The summed E-state index contributed by atoms with van der Waals surface area (Å²) in [7, 11) is 0. The first kappa shape index (κ1) is 17.5. The van der Waals surface area contributed by atoms with Gasteiger partial charge in [0.15, 0.2) is 5.03 Å². The van der Waals surface area contributed by atoms with Gasteiger partial charge < -0.3 is 14.8 Å². The lowest BCUT2D eigenvalue weighted by atomic mass is 10.2. The molecule has 1 heterocycles. The molecule has 2 aromatic rings. The molecule has 0 radical (unpaired) electrons. The van der Waals surface area contributed by atoms with Crippen LogP contribution in [-0.4, -0.2) is 18.2 Å². The molecular weight excluding hydrogens is 410 g/mol. The normalized spacial score (nSPS) is 16.6. The first-order chi connectivity index (χ1) is 12.0. The molecular formula is C18H13BrClNO4. The molecule has 1 unspecified atom stereocenters. The van der Waals surface area contributed by atoms with Crippen LogP contribution in [0.3, 0.4) is 0 Å². The van der Waals surface area contributed by atoms with Crippen LogP contribution in [0, 0.1) is 6.92 Å². The molecule has 2 aromatic carbocycles. The van der Waals surface area contributed by atoms with Crippen LogP contribution in [0.15, 0.2) is 63.7 Å². The predicted octanol–water partition coefficient (Wildman–Crippen LogP) is 4.36. The number of hydrogen-bond donors (Lipinski definition) is 1. The highest BCUT2D eigenvalue weighted by atomic mass is 79.9. The van der Waals surface area contributed by atoms with Crippen molar-refractivity contribution in [1.29, 1.82) is 0 Å². The zero-order chi connectivity index (χ0) is 18.0. The number of halogens is 2. The largest absolute Gasteiger partial charge is 0.415 e. The fourth-order valence-corrected chi connectivity index (χ4v) is 2.83. The van der Waals surface area contributed by atoms with Gasteiger partial charge in [-0.15, -0.1) is 0 Å². The minimum absolute atomic E-state index is 0.148. The summed E-state index contributed by atoms with van der Waals surface area (Å²) in [6, 6.07) is 14.2. The summed E-state index contributed by atoms with van der Waals surface area (Å²) in [5, 5.41) is 2.84. The van der Waals surface area contributed by atoms with Crippen molar-refractivity contribution in [1.82, 2.24) is 0 Å².